The third kappa shape index (κ3) is 81.2. The van der Waals surface area contributed by atoms with Crippen LogP contribution in [0.5, 0.6) is 0 Å². The van der Waals surface area contributed by atoms with Crippen molar-refractivity contribution in [2.45, 2.75) is 372 Å². The quantitative estimate of drug-likeness (QED) is 0.0316. The van der Waals surface area contributed by atoms with Crippen molar-refractivity contribution in [2.75, 3.05) is 19.8 Å². The van der Waals surface area contributed by atoms with Gasteiger partial charge in [0.05, 0.1) is 25.9 Å². The van der Waals surface area contributed by atoms with Crippen molar-refractivity contribution in [1.82, 2.24) is 19.5 Å². The average molecular weight is 1930 g/mol. The predicted molar refractivity (Wildman–Crippen MR) is 568 cm³/mol. The van der Waals surface area contributed by atoms with Crippen LogP contribution in [0.15, 0.2) is 134 Å². The summed E-state index contributed by atoms with van der Waals surface area (Å²) >= 11 is 0. The van der Waals surface area contributed by atoms with E-state index in [4.69, 9.17) is 9.47 Å². The highest BCUT2D eigenvalue weighted by Gasteiger charge is 2.28. The molecule has 0 spiro atoms. The number of allylic oxidation sites excluding steroid dienone is 11. The maximum absolute atomic E-state index is 11.7. The van der Waals surface area contributed by atoms with Gasteiger partial charge in [-0.15, -0.1) is 0 Å². The Balaban J connectivity index is -0.000000486. The summed E-state index contributed by atoms with van der Waals surface area (Å²) in [5.74, 6) is 8.47. The molecule has 0 aliphatic carbocycles. The number of carbonyl (C=O) groups is 16. The second kappa shape index (κ2) is 67.2. The van der Waals surface area contributed by atoms with Crippen LogP contribution in [0.2, 0.25) is 0 Å². The van der Waals surface area contributed by atoms with Gasteiger partial charge in [-0.2, -0.15) is 0 Å². The normalized spacial score (nSPS) is 12.6. The van der Waals surface area contributed by atoms with E-state index in [1.54, 1.807) is 73.3 Å². The zero-order chi connectivity index (χ0) is 109. The highest BCUT2D eigenvalue weighted by atomic mass is 16.5. The first-order chi connectivity index (χ1) is 63.1. The number of nitrogens with zero attached hydrogens (tertiary/aromatic N) is 3. The largest absolute Gasteiger partial charge is 0.375 e. The third-order valence-electron chi connectivity index (χ3n) is 19.4. The third-order valence-corrected chi connectivity index (χ3v) is 19.4. The van der Waals surface area contributed by atoms with Crippen LogP contribution in [0.25, 0.3) is 18.2 Å². The van der Waals surface area contributed by atoms with Gasteiger partial charge in [0.15, 0.2) is 46.3 Å². The predicted octanol–water partition coefficient (Wildman–Crippen LogP) is 25.6. The lowest BCUT2D eigenvalue weighted by molar-refractivity contribution is -0.128. The van der Waals surface area contributed by atoms with Gasteiger partial charge < -0.3 is 19.0 Å². The highest BCUT2D eigenvalue weighted by Crippen LogP contribution is 2.26. The number of ketones is 16. The summed E-state index contributed by atoms with van der Waals surface area (Å²) < 4.78 is 12.0. The molecule has 0 saturated carbocycles. The Hall–Kier alpha value is -10.2. The number of carbonyl (C=O) groups excluding carboxylic acids is 16. The second-order valence-corrected chi connectivity index (χ2v) is 46.5. The Morgan fingerprint density at radius 2 is 0.763 bits per heavy atom. The summed E-state index contributed by atoms with van der Waals surface area (Å²) in [6.07, 6.45) is 38.2. The Morgan fingerprint density at radius 1 is 0.410 bits per heavy atom. The molecule has 0 unspecified atom stereocenters. The summed E-state index contributed by atoms with van der Waals surface area (Å²) in [5.41, 5.74) is -0.996. The molecule has 1 aliphatic rings. The number of aromatic nitrogens is 4. The van der Waals surface area contributed by atoms with Crippen molar-refractivity contribution in [3.63, 3.8) is 0 Å². The number of rotatable bonds is 38. The summed E-state index contributed by atoms with van der Waals surface area (Å²) in [5, 5.41) is 0. The lowest BCUT2D eigenvalue weighted by Crippen LogP contribution is -2.21. The minimum Gasteiger partial charge on any atom is -0.375 e. The molecule has 1 fully saturated rings. The lowest BCUT2D eigenvalue weighted by Gasteiger charge is -2.17. The van der Waals surface area contributed by atoms with Gasteiger partial charge in [-0.3, -0.25) is 76.7 Å². The van der Waals surface area contributed by atoms with E-state index in [0.29, 0.717) is 102 Å². The van der Waals surface area contributed by atoms with E-state index in [0.717, 1.165) is 29.8 Å². The molecule has 139 heavy (non-hydrogen) atoms. The standard InChI is InChI=1S/C16H20O2.C14H20N2O2.C14H24O3.C13H18N2O2.2C13H22O2.C12H18O3.C11H20O.C11H18O/c1-16(2,3)15(18)12-11-14(17)10-9-13-7-5-4-6-8-13;1-14(2,3)12(18)7-5-11(17)6-8-13-15-9-10-16(13)4;1-11(2)17-10-6-7-12(15)8-9-13(16)14(3,4)5;1-13(2,3)11(17)6-4-10(16)5-7-12-14-8-9-15-12;1-10(2)6-7-11(14)8-9-12(15)13(3,4)5;1-5-6-7-8-11(14)9-10-12(15)13(2,3)4;1-12(2,3)11(14)5-4-10(13)6-9-7-15-8-9;2*1-10(2,3)8-7-9(12)11(4,5)6/h4-10H,11-12H2,1-3H3;6,8-10H,5,7H2,1-4H3;6-7,11H,8-10H2,1-5H3;5,7-9H,4,6H2,1-3H3,(H,14,15);6-7,10H,8-9H2,1-5H3;7-8H,5-6,9-10H2,1-4H3;6H,4-5,7-8H2,1-3H3;7-8H,1-6H3;1-6H3/b10-9+;8-6+;7-6+;7-5+;7-6+;8-7+;;8-7+;. The fraction of sp³-hybridized carbons (Fsp3) is 0.607. The molecule has 22 nitrogen and oxygen atoms in total. The Labute approximate surface area is 838 Å². The number of Topliss-reactive ketones (excluding diaryl/α,β-unsaturated/α-hetero) is 8. The molecule has 22 heteroatoms. The number of aromatic amines is 1. The number of hydrogen-bond acceptors (Lipinski definition) is 20. The first kappa shape index (κ1) is 137. The molecule has 1 aliphatic heterocycles. The molecule has 0 amide bonds. The Kier molecular flexibility index (Phi) is 66.4. The van der Waals surface area contributed by atoms with E-state index in [9.17, 15) is 76.7 Å². The molecule has 778 valence electrons. The molecule has 0 radical (unpaired) electrons. The van der Waals surface area contributed by atoms with Crippen molar-refractivity contribution in [2.24, 2.45) is 72.5 Å². The minimum atomic E-state index is -0.371. The van der Waals surface area contributed by atoms with E-state index >= 15 is 0 Å². The van der Waals surface area contributed by atoms with E-state index in [1.165, 1.54) is 18.2 Å². The second-order valence-electron chi connectivity index (χ2n) is 46.5. The zero-order valence-corrected chi connectivity index (χ0v) is 93.1. The molecular formula is C117H182N4O18. The van der Waals surface area contributed by atoms with Gasteiger partial charge in [-0.1, -0.05) is 302 Å². The maximum Gasteiger partial charge on any atom is 0.210 e. The average Bonchev–Trinajstić information content (AvgIpc) is 1.88. The van der Waals surface area contributed by atoms with Crippen LogP contribution < -0.4 is 0 Å². The number of hydrogen-bond donors (Lipinski definition) is 1. The molecule has 0 atom stereocenters. The summed E-state index contributed by atoms with van der Waals surface area (Å²) in [4.78, 5) is 195. The first-order valence-corrected chi connectivity index (χ1v) is 48.8. The smallest absolute Gasteiger partial charge is 0.210 e. The van der Waals surface area contributed by atoms with Gasteiger partial charge in [-0.25, -0.2) is 9.97 Å². The van der Waals surface area contributed by atoms with Crippen LogP contribution in [0.1, 0.15) is 383 Å². The Morgan fingerprint density at radius 3 is 1.06 bits per heavy atom. The van der Waals surface area contributed by atoms with E-state index in [2.05, 4.69) is 54.5 Å². The van der Waals surface area contributed by atoms with Crippen LogP contribution in [-0.2, 0) is 93.2 Å². The van der Waals surface area contributed by atoms with E-state index in [-0.39, 0.29) is 177 Å². The van der Waals surface area contributed by atoms with Gasteiger partial charge >= 0.3 is 0 Å². The van der Waals surface area contributed by atoms with Crippen LogP contribution >= 0.6 is 0 Å². The van der Waals surface area contributed by atoms with Crippen LogP contribution in [-0.4, -0.2) is 138 Å². The summed E-state index contributed by atoms with van der Waals surface area (Å²) in [6, 6.07) is 9.65. The molecule has 1 aromatic carbocycles. The van der Waals surface area contributed by atoms with Gasteiger partial charge in [0.25, 0.3) is 0 Å². The van der Waals surface area contributed by atoms with Gasteiger partial charge in [0.1, 0.15) is 52.1 Å². The minimum absolute atomic E-state index is 0.00328. The number of unbranched alkanes of at least 4 members (excludes halogenated alkanes) is 1. The maximum atomic E-state index is 11.7. The van der Waals surface area contributed by atoms with Crippen molar-refractivity contribution in [1.29, 1.82) is 0 Å². The van der Waals surface area contributed by atoms with Crippen LogP contribution in [0, 0.1) is 77.3 Å². The molecule has 4 rings (SSSR count). The lowest BCUT2D eigenvalue weighted by atomic mass is 9.88. The van der Waals surface area contributed by atoms with Crippen molar-refractivity contribution >= 4 is 111 Å². The fourth-order valence-corrected chi connectivity index (χ4v) is 9.50. The molecular weight excluding hydrogens is 1750 g/mol. The highest BCUT2D eigenvalue weighted by molar-refractivity contribution is 6.01. The topological polar surface area (TPSA) is 338 Å². The van der Waals surface area contributed by atoms with Crippen LogP contribution in [0.4, 0.5) is 0 Å². The van der Waals surface area contributed by atoms with Gasteiger partial charge in [0, 0.05) is 176 Å². The molecule has 0 bridgehead atoms. The fourth-order valence-electron chi connectivity index (χ4n) is 9.50. The molecule has 1 N–H and O–H groups in total. The van der Waals surface area contributed by atoms with E-state index in [1.807, 2.05) is 302 Å². The molecule has 3 aromatic rings. The number of benzene rings is 1. The van der Waals surface area contributed by atoms with Crippen molar-refractivity contribution in [3.8, 4) is 11.8 Å². The zero-order valence-electron chi connectivity index (χ0n) is 93.1. The monoisotopic (exact) mass is 1930 g/mol. The number of aryl methyl sites for hydroxylation is 1. The Bertz CT molecular complexity index is 4650. The van der Waals surface area contributed by atoms with Crippen molar-refractivity contribution in [3.05, 3.63) is 151 Å². The van der Waals surface area contributed by atoms with Gasteiger partial charge in [0.2, 0.25) is 5.78 Å². The SMILES string of the molecule is CC(C)(C)/C=C/C(=O)C(C)(C)C.CC(C)(C)C#CC(=O)C(C)(C)C.CC(C)(C)C(=O)CCC(=O)/C=C/c1ccccc1.CC(C)(C)C(=O)CCC(=O)/C=C/c1ncc[nH]1.CC(C)(C)C(=O)CCC(=O)C=C1COC1.CC(C)/C=C/C(=O)CCC(=O)C(C)(C)C.CC(C)OC/C=C/C(=O)CCC(=O)C(C)(C)C.CCC/C=C/C(=O)CCC(=O)C(C)(C)C.Cn1ccnc1/C=C/C(=O)CCC(=O)C(C)(C)C. The molecule has 1 saturated heterocycles. The molecule has 3 heterocycles. The number of ether oxygens (including phenoxy) is 2. The van der Waals surface area contributed by atoms with Gasteiger partial charge in [-0.05, 0) is 130 Å². The number of H-pyrrole nitrogens is 1. The number of nitrogens with one attached hydrogen (secondary N) is 1. The first-order valence-electron chi connectivity index (χ1n) is 48.8. The summed E-state index contributed by atoms with van der Waals surface area (Å²) in [7, 11) is 1.86. The number of imidazole rings is 2. The summed E-state index contributed by atoms with van der Waals surface area (Å²) in [6.45, 7) is 74.5. The molecule has 2 aromatic heterocycles. The van der Waals surface area contributed by atoms with Crippen molar-refractivity contribution < 1.29 is 86.2 Å². The van der Waals surface area contributed by atoms with Crippen LogP contribution in [0.3, 0.4) is 0 Å². The van der Waals surface area contributed by atoms with E-state index < -0.39 is 0 Å².